The summed E-state index contributed by atoms with van der Waals surface area (Å²) in [6.07, 6.45) is 0.943. The molecular weight excluding hydrogens is 275 g/mol. The van der Waals surface area contributed by atoms with Crippen molar-refractivity contribution in [3.05, 3.63) is 22.4 Å². The van der Waals surface area contributed by atoms with E-state index in [1.54, 1.807) is 0 Å². The molecule has 0 aromatic heterocycles. The molecule has 0 aliphatic rings. The minimum absolute atomic E-state index is 0.104. The summed E-state index contributed by atoms with van der Waals surface area (Å²) in [5.74, 6) is -0.975. The van der Waals surface area contributed by atoms with E-state index >= 15 is 0 Å². The lowest BCUT2D eigenvalue weighted by Gasteiger charge is -2.07. The molecule has 0 amide bonds. The summed E-state index contributed by atoms with van der Waals surface area (Å²) < 4.78 is 40.8. The van der Waals surface area contributed by atoms with Crippen molar-refractivity contribution in [3.63, 3.8) is 0 Å². The van der Waals surface area contributed by atoms with E-state index in [1.807, 2.05) is 0 Å². The van der Waals surface area contributed by atoms with Crippen molar-refractivity contribution >= 4 is 25.8 Å². The van der Waals surface area contributed by atoms with Crippen LogP contribution in [0.15, 0.2) is 21.5 Å². The standard InChI is InChI=1S/C8H8BrFO3S/c1-13-8-5(9)3-4-6(7(8)10)14(2,11)12/h3-4H,1-2H3. The summed E-state index contributed by atoms with van der Waals surface area (Å²) >= 11 is 3.05. The van der Waals surface area contributed by atoms with Gasteiger partial charge in [0.1, 0.15) is 4.90 Å². The second-order valence-corrected chi connectivity index (χ2v) is 5.50. The molecule has 0 saturated carbocycles. The Bertz CT molecular complexity index is 456. The van der Waals surface area contributed by atoms with Crippen LogP contribution < -0.4 is 4.74 Å². The average Bonchev–Trinajstić information content (AvgIpc) is 2.02. The van der Waals surface area contributed by atoms with Gasteiger partial charge in [-0.15, -0.1) is 0 Å². The van der Waals surface area contributed by atoms with Crippen LogP contribution in [-0.4, -0.2) is 21.8 Å². The van der Waals surface area contributed by atoms with E-state index in [-0.39, 0.29) is 10.6 Å². The molecular formula is C8H8BrFO3S. The highest BCUT2D eigenvalue weighted by atomic mass is 79.9. The number of benzene rings is 1. The van der Waals surface area contributed by atoms with Gasteiger partial charge in [-0.1, -0.05) is 0 Å². The lowest BCUT2D eigenvalue weighted by molar-refractivity contribution is 0.378. The zero-order valence-electron chi connectivity index (χ0n) is 7.54. The Kier molecular flexibility index (Phi) is 3.16. The molecule has 1 aromatic rings. The molecule has 0 atom stereocenters. The maximum atomic E-state index is 13.5. The van der Waals surface area contributed by atoms with Crippen molar-refractivity contribution in [2.45, 2.75) is 4.90 Å². The highest BCUT2D eigenvalue weighted by Gasteiger charge is 2.19. The van der Waals surface area contributed by atoms with Gasteiger partial charge >= 0.3 is 0 Å². The van der Waals surface area contributed by atoms with E-state index in [2.05, 4.69) is 15.9 Å². The Labute approximate surface area is 89.9 Å². The smallest absolute Gasteiger partial charge is 0.184 e. The van der Waals surface area contributed by atoms with Gasteiger partial charge in [0.15, 0.2) is 21.4 Å². The second-order valence-electron chi connectivity index (χ2n) is 2.66. The Balaban J connectivity index is 3.52. The monoisotopic (exact) mass is 282 g/mol. The third-order valence-electron chi connectivity index (χ3n) is 1.62. The molecule has 0 bridgehead atoms. The zero-order valence-corrected chi connectivity index (χ0v) is 9.95. The second kappa shape index (κ2) is 3.86. The van der Waals surface area contributed by atoms with Crippen LogP contribution in [0.25, 0.3) is 0 Å². The van der Waals surface area contributed by atoms with Gasteiger partial charge in [0.05, 0.1) is 11.6 Å². The van der Waals surface area contributed by atoms with Gasteiger partial charge in [-0.25, -0.2) is 12.8 Å². The van der Waals surface area contributed by atoms with Crippen molar-refractivity contribution in [2.24, 2.45) is 0 Å². The number of hydrogen-bond acceptors (Lipinski definition) is 3. The van der Waals surface area contributed by atoms with Gasteiger partial charge in [0, 0.05) is 6.26 Å². The van der Waals surface area contributed by atoms with E-state index in [0.29, 0.717) is 4.47 Å². The van der Waals surface area contributed by atoms with Gasteiger partial charge < -0.3 is 4.74 Å². The van der Waals surface area contributed by atoms with Crippen molar-refractivity contribution in [3.8, 4) is 5.75 Å². The average molecular weight is 283 g/mol. The first-order chi connectivity index (χ1) is 6.38. The Morgan fingerprint density at radius 2 is 2.00 bits per heavy atom. The molecule has 0 spiro atoms. The van der Waals surface area contributed by atoms with E-state index < -0.39 is 15.7 Å². The summed E-state index contributed by atoms with van der Waals surface area (Å²) in [4.78, 5) is -0.363. The molecule has 3 nitrogen and oxygen atoms in total. The van der Waals surface area contributed by atoms with Crippen LogP contribution in [0.1, 0.15) is 0 Å². The molecule has 0 fully saturated rings. The Hall–Kier alpha value is -0.620. The predicted octanol–water partition coefficient (Wildman–Crippen LogP) is 2.00. The summed E-state index contributed by atoms with van der Waals surface area (Å²) in [5, 5.41) is 0. The van der Waals surface area contributed by atoms with Crippen molar-refractivity contribution in [1.29, 1.82) is 0 Å². The molecule has 6 heteroatoms. The van der Waals surface area contributed by atoms with Crippen molar-refractivity contribution < 1.29 is 17.5 Å². The van der Waals surface area contributed by atoms with Crippen LogP contribution in [0, 0.1) is 5.82 Å². The maximum Gasteiger partial charge on any atom is 0.184 e. The predicted molar refractivity (Wildman–Crippen MR) is 53.8 cm³/mol. The van der Waals surface area contributed by atoms with Crippen LogP contribution in [0.4, 0.5) is 4.39 Å². The minimum Gasteiger partial charge on any atom is -0.492 e. The molecule has 78 valence electrons. The third-order valence-corrected chi connectivity index (χ3v) is 3.36. The van der Waals surface area contributed by atoms with E-state index in [4.69, 9.17) is 4.74 Å². The van der Waals surface area contributed by atoms with Crippen molar-refractivity contribution in [2.75, 3.05) is 13.4 Å². The molecule has 14 heavy (non-hydrogen) atoms. The normalized spacial score (nSPS) is 11.4. The fraction of sp³-hybridized carbons (Fsp3) is 0.250. The largest absolute Gasteiger partial charge is 0.492 e. The van der Waals surface area contributed by atoms with Gasteiger partial charge in [-0.3, -0.25) is 0 Å². The zero-order chi connectivity index (χ0) is 10.9. The third kappa shape index (κ3) is 2.06. The molecule has 0 N–H and O–H groups in total. The van der Waals surface area contributed by atoms with Gasteiger partial charge in [0.25, 0.3) is 0 Å². The highest BCUT2D eigenvalue weighted by Crippen LogP contribution is 2.31. The summed E-state index contributed by atoms with van der Waals surface area (Å²) in [7, 11) is -2.29. The molecule has 1 rings (SSSR count). The van der Waals surface area contributed by atoms with Crippen LogP contribution in [-0.2, 0) is 9.84 Å². The van der Waals surface area contributed by atoms with Gasteiger partial charge in [-0.05, 0) is 28.1 Å². The highest BCUT2D eigenvalue weighted by molar-refractivity contribution is 9.10. The number of ether oxygens (including phenoxy) is 1. The first-order valence-electron chi connectivity index (χ1n) is 3.60. The van der Waals surface area contributed by atoms with Crippen LogP contribution in [0.5, 0.6) is 5.75 Å². The maximum absolute atomic E-state index is 13.5. The van der Waals surface area contributed by atoms with E-state index in [0.717, 1.165) is 6.26 Å². The molecule has 0 saturated heterocycles. The molecule has 0 aliphatic heterocycles. The van der Waals surface area contributed by atoms with Gasteiger partial charge in [0.2, 0.25) is 0 Å². The first kappa shape index (κ1) is 11.5. The number of halogens is 2. The lowest BCUT2D eigenvalue weighted by atomic mass is 10.3. The first-order valence-corrected chi connectivity index (χ1v) is 6.28. The summed E-state index contributed by atoms with van der Waals surface area (Å²) in [6.45, 7) is 0. The van der Waals surface area contributed by atoms with E-state index in [1.165, 1.54) is 19.2 Å². The van der Waals surface area contributed by atoms with Crippen LogP contribution in [0.3, 0.4) is 0 Å². The molecule has 0 aliphatic carbocycles. The van der Waals surface area contributed by atoms with Crippen LogP contribution >= 0.6 is 15.9 Å². The van der Waals surface area contributed by atoms with Gasteiger partial charge in [-0.2, -0.15) is 0 Å². The minimum atomic E-state index is -3.56. The fourth-order valence-electron chi connectivity index (χ4n) is 0.988. The lowest BCUT2D eigenvalue weighted by Crippen LogP contribution is -2.02. The molecule has 0 unspecified atom stereocenters. The van der Waals surface area contributed by atoms with E-state index in [9.17, 15) is 12.8 Å². The quantitative estimate of drug-likeness (QED) is 0.833. The fourth-order valence-corrected chi connectivity index (χ4v) is 2.19. The summed E-state index contributed by atoms with van der Waals surface area (Å²) in [5.41, 5.74) is 0. The molecule has 0 radical (unpaired) electrons. The molecule has 0 heterocycles. The Morgan fingerprint density at radius 3 is 2.43 bits per heavy atom. The summed E-state index contributed by atoms with van der Waals surface area (Å²) in [6, 6.07) is 2.62. The SMILES string of the molecule is COc1c(Br)ccc(S(C)(=O)=O)c1F. The van der Waals surface area contributed by atoms with Crippen LogP contribution in [0.2, 0.25) is 0 Å². The number of rotatable bonds is 2. The number of sulfone groups is 1. The topological polar surface area (TPSA) is 43.4 Å². The molecule has 1 aromatic carbocycles. The Morgan fingerprint density at radius 1 is 1.43 bits per heavy atom. The number of hydrogen-bond donors (Lipinski definition) is 0. The van der Waals surface area contributed by atoms with Crippen molar-refractivity contribution in [1.82, 2.24) is 0 Å². The number of methoxy groups -OCH3 is 1.